The lowest BCUT2D eigenvalue weighted by molar-refractivity contribution is 0.0915. The number of nitrogens with one attached hydrogen (secondary N) is 1. The number of carbonyl (C=O) groups excluding carboxylic acids is 1. The summed E-state index contributed by atoms with van der Waals surface area (Å²) < 4.78 is 1.62. The van der Waals surface area contributed by atoms with Gasteiger partial charge < -0.3 is 10.4 Å². The van der Waals surface area contributed by atoms with Gasteiger partial charge in [-0.05, 0) is 24.1 Å². The van der Waals surface area contributed by atoms with E-state index in [2.05, 4.69) is 10.4 Å². The van der Waals surface area contributed by atoms with Crippen LogP contribution < -0.4 is 5.32 Å². The number of aliphatic hydroxyl groups is 1. The first-order chi connectivity index (χ1) is 10.0. The molecule has 0 aliphatic carbocycles. The highest BCUT2D eigenvalue weighted by Crippen LogP contribution is 2.17. The van der Waals surface area contributed by atoms with E-state index in [1.54, 1.807) is 42.2 Å². The number of aliphatic hydroxyl groups excluding tert-OH is 1. The third-order valence-electron chi connectivity index (χ3n) is 3.25. The molecule has 6 heteroatoms. The quantitative estimate of drug-likeness (QED) is 0.889. The molecule has 5 nitrogen and oxygen atoms in total. The van der Waals surface area contributed by atoms with Crippen LogP contribution in [0.1, 0.15) is 34.6 Å². The van der Waals surface area contributed by atoms with Crippen LogP contribution in [-0.2, 0) is 13.5 Å². The summed E-state index contributed by atoms with van der Waals surface area (Å²) in [6.45, 7) is 1.76. The van der Waals surface area contributed by atoms with Crippen molar-refractivity contribution >= 4 is 17.5 Å². The van der Waals surface area contributed by atoms with Crippen LogP contribution in [0.25, 0.3) is 0 Å². The summed E-state index contributed by atoms with van der Waals surface area (Å²) in [5, 5.41) is 17.2. The van der Waals surface area contributed by atoms with Crippen LogP contribution in [0.5, 0.6) is 0 Å². The van der Waals surface area contributed by atoms with Crippen molar-refractivity contribution in [3.8, 4) is 0 Å². The van der Waals surface area contributed by atoms with Crippen LogP contribution in [0.2, 0.25) is 5.02 Å². The monoisotopic (exact) mass is 307 g/mol. The molecule has 1 aromatic heterocycles. The molecule has 21 heavy (non-hydrogen) atoms. The Morgan fingerprint density at radius 1 is 1.43 bits per heavy atom. The summed E-state index contributed by atoms with van der Waals surface area (Å²) in [7, 11) is 1.78. The molecular formula is C15H18ClN3O2. The smallest absolute Gasteiger partial charge is 0.255 e. The molecule has 2 rings (SSSR count). The maximum absolute atomic E-state index is 12.3. The summed E-state index contributed by atoms with van der Waals surface area (Å²) >= 11 is 5.84. The molecule has 1 unspecified atom stereocenters. The van der Waals surface area contributed by atoms with Crippen LogP contribution in [0.4, 0.5) is 0 Å². The molecular weight excluding hydrogens is 290 g/mol. The Kier molecular flexibility index (Phi) is 4.98. The second-order valence-corrected chi connectivity index (χ2v) is 5.21. The molecule has 2 N–H and O–H groups in total. The van der Waals surface area contributed by atoms with E-state index < -0.39 is 6.04 Å². The Labute approximate surface area is 128 Å². The van der Waals surface area contributed by atoms with E-state index in [9.17, 15) is 9.90 Å². The van der Waals surface area contributed by atoms with Gasteiger partial charge in [0, 0.05) is 18.3 Å². The maximum atomic E-state index is 12.3. The number of aromatic nitrogens is 2. The minimum atomic E-state index is -0.473. The second kappa shape index (κ2) is 6.74. The summed E-state index contributed by atoms with van der Waals surface area (Å²) in [4.78, 5) is 12.3. The Morgan fingerprint density at radius 3 is 2.67 bits per heavy atom. The van der Waals surface area contributed by atoms with Crippen molar-refractivity contribution in [2.45, 2.75) is 19.4 Å². The van der Waals surface area contributed by atoms with Crippen LogP contribution in [-0.4, -0.2) is 27.4 Å². The summed E-state index contributed by atoms with van der Waals surface area (Å²) in [5.74, 6) is -0.242. The van der Waals surface area contributed by atoms with E-state index in [1.165, 1.54) is 0 Å². The van der Waals surface area contributed by atoms with Gasteiger partial charge in [-0.3, -0.25) is 9.48 Å². The van der Waals surface area contributed by atoms with E-state index in [4.69, 9.17) is 11.6 Å². The minimum Gasteiger partial charge on any atom is -0.394 e. The molecule has 0 radical (unpaired) electrons. The predicted molar refractivity (Wildman–Crippen MR) is 81.3 cm³/mol. The highest BCUT2D eigenvalue weighted by atomic mass is 35.5. The average molecular weight is 308 g/mol. The molecule has 1 aromatic carbocycles. The Morgan fingerprint density at radius 2 is 2.10 bits per heavy atom. The third kappa shape index (κ3) is 3.62. The van der Waals surface area contributed by atoms with Gasteiger partial charge in [-0.1, -0.05) is 30.7 Å². The molecule has 0 bridgehead atoms. The molecule has 0 saturated carbocycles. The van der Waals surface area contributed by atoms with Gasteiger partial charge in [-0.2, -0.15) is 5.10 Å². The zero-order chi connectivity index (χ0) is 15.4. The van der Waals surface area contributed by atoms with E-state index in [1.807, 2.05) is 6.92 Å². The lowest BCUT2D eigenvalue weighted by Gasteiger charge is -2.16. The van der Waals surface area contributed by atoms with Crippen molar-refractivity contribution in [2.24, 2.45) is 7.05 Å². The van der Waals surface area contributed by atoms with Gasteiger partial charge in [-0.15, -0.1) is 0 Å². The summed E-state index contributed by atoms with van der Waals surface area (Å²) in [6.07, 6.45) is 2.36. The maximum Gasteiger partial charge on any atom is 0.255 e. The molecule has 1 amide bonds. The van der Waals surface area contributed by atoms with E-state index in [0.29, 0.717) is 17.0 Å². The number of halogens is 1. The van der Waals surface area contributed by atoms with Gasteiger partial charge in [0.1, 0.15) is 0 Å². The zero-order valence-electron chi connectivity index (χ0n) is 12.0. The van der Waals surface area contributed by atoms with Crippen LogP contribution in [0, 0.1) is 0 Å². The van der Waals surface area contributed by atoms with Crippen molar-refractivity contribution in [3.05, 3.63) is 52.3 Å². The number of rotatable bonds is 5. The fourth-order valence-electron chi connectivity index (χ4n) is 2.15. The standard InChI is InChI=1S/C15H18ClN3O2/c1-3-13-12(8-19(2)18-13)15(21)17-14(9-20)10-4-6-11(16)7-5-10/h4-8,14,20H,3,9H2,1-2H3,(H,17,21). The highest BCUT2D eigenvalue weighted by Gasteiger charge is 2.19. The molecule has 0 aliphatic rings. The Hall–Kier alpha value is -1.85. The van der Waals surface area contributed by atoms with Gasteiger partial charge in [0.15, 0.2) is 0 Å². The topological polar surface area (TPSA) is 67.2 Å². The fourth-order valence-corrected chi connectivity index (χ4v) is 2.28. The van der Waals surface area contributed by atoms with Gasteiger partial charge in [0.2, 0.25) is 0 Å². The SMILES string of the molecule is CCc1nn(C)cc1C(=O)NC(CO)c1ccc(Cl)cc1. The molecule has 112 valence electrons. The number of hydrogen-bond donors (Lipinski definition) is 2. The van der Waals surface area contributed by atoms with Crippen LogP contribution in [0.15, 0.2) is 30.5 Å². The third-order valence-corrected chi connectivity index (χ3v) is 3.50. The van der Waals surface area contributed by atoms with Crippen molar-refractivity contribution in [1.82, 2.24) is 15.1 Å². The van der Waals surface area contributed by atoms with Gasteiger partial charge in [-0.25, -0.2) is 0 Å². The zero-order valence-corrected chi connectivity index (χ0v) is 12.8. The second-order valence-electron chi connectivity index (χ2n) is 4.78. The number of hydrogen-bond acceptors (Lipinski definition) is 3. The van der Waals surface area contributed by atoms with Crippen molar-refractivity contribution in [3.63, 3.8) is 0 Å². The normalized spacial score (nSPS) is 12.2. The van der Waals surface area contributed by atoms with Crippen molar-refractivity contribution < 1.29 is 9.90 Å². The number of aryl methyl sites for hydroxylation is 2. The first kappa shape index (κ1) is 15.5. The Balaban J connectivity index is 2.18. The molecule has 0 fully saturated rings. The molecule has 2 aromatic rings. The van der Waals surface area contributed by atoms with E-state index in [0.717, 1.165) is 11.3 Å². The van der Waals surface area contributed by atoms with E-state index >= 15 is 0 Å². The lowest BCUT2D eigenvalue weighted by Crippen LogP contribution is -2.31. The molecule has 0 spiro atoms. The average Bonchev–Trinajstić information content (AvgIpc) is 2.87. The fraction of sp³-hybridized carbons (Fsp3) is 0.333. The van der Waals surface area contributed by atoms with Gasteiger partial charge in [0.05, 0.1) is 23.9 Å². The minimum absolute atomic E-state index is 0.185. The predicted octanol–water partition coefficient (Wildman–Crippen LogP) is 2.10. The first-order valence-corrected chi connectivity index (χ1v) is 7.12. The van der Waals surface area contributed by atoms with Crippen molar-refractivity contribution in [1.29, 1.82) is 0 Å². The number of benzene rings is 1. The van der Waals surface area contributed by atoms with Crippen LogP contribution >= 0.6 is 11.6 Å². The largest absolute Gasteiger partial charge is 0.394 e. The van der Waals surface area contributed by atoms with Crippen LogP contribution in [0.3, 0.4) is 0 Å². The molecule has 0 aliphatic heterocycles. The summed E-state index contributed by atoms with van der Waals surface area (Å²) in [5.41, 5.74) is 2.08. The van der Waals surface area contributed by atoms with Gasteiger partial charge in [0.25, 0.3) is 5.91 Å². The molecule has 1 atom stereocenters. The lowest BCUT2D eigenvalue weighted by atomic mass is 10.1. The van der Waals surface area contributed by atoms with E-state index in [-0.39, 0.29) is 12.5 Å². The number of carbonyl (C=O) groups is 1. The highest BCUT2D eigenvalue weighted by molar-refractivity contribution is 6.30. The number of nitrogens with zero attached hydrogens (tertiary/aromatic N) is 2. The Bertz CT molecular complexity index is 622. The molecule has 0 saturated heterocycles. The van der Waals surface area contributed by atoms with Gasteiger partial charge >= 0.3 is 0 Å². The first-order valence-electron chi connectivity index (χ1n) is 6.74. The molecule has 1 heterocycles. The van der Waals surface area contributed by atoms with Crippen molar-refractivity contribution in [2.75, 3.05) is 6.61 Å². The number of amides is 1. The summed E-state index contributed by atoms with van der Waals surface area (Å²) in [6, 6.07) is 6.56.